The van der Waals surface area contributed by atoms with Crippen LogP contribution >= 0.6 is 11.8 Å². The molecule has 0 aliphatic heterocycles. The van der Waals surface area contributed by atoms with E-state index in [2.05, 4.69) is 28.5 Å². The smallest absolute Gasteiger partial charge is 0.234 e. The third-order valence-electron chi connectivity index (χ3n) is 4.38. The van der Waals surface area contributed by atoms with Gasteiger partial charge in [0.15, 0.2) is 11.0 Å². The molecule has 146 valence electrons. The number of aromatic nitrogens is 3. The molecule has 6 nitrogen and oxygen atoms in total. The number of ether oxygens (including phenoxy) is 1. The number of carbonyl (C=O) groups excluding carboxylic acids is 1. The van der Waals surface area contributed by atoms with Gasteiger partial charge >= 0.3 is 0 Å². The van der Waals surface area contributed by atoms with Crippen LogP contribution in [0.2, 0.25) is 0 Å². The maximum Gasteiger partial charge on any atom is 0.234 e. The van der Waals surface area contributed by atoms with Gasteiger partial charge in [-0.1, -0.05) is 42.1 Å². The lowest BCUT2D eigenvalue weighted by Gasteiger charge is -2.11. The summed E-state index contributed by atoms with van der Waals surface area (Å²) in [5, 5.41) is 12.3. The summed E-state index contributed by atoms with van der Waals surface area (Å²) in [6.07, 6.45) is 0. The second-order valence-corrected chi connectivity index (χ2v) is 7.35. The van der Waals surface area contributed by atoms with Crippen molar-refractivity contribution < 1.29 is 9.53 Å². The van der Waals surface area contributed by atoms with Gasteiger partial charge in [-0.15, -0.1) is 10.2 Å². The van der Waals surface area contributed by atoms with Crippen LogP contribution in [0.25, 0.3) is 11.4 Å². The molecule has 28 heavy (non-hydrogen) atoms. The summed E-state index contributed by atoms with van der Waals surface area (Å²) in [5.74, 6) is 1.59. The number of methoxy groups -OCH3 is 1. The Hall–Kier alpha value is -2.80. The fourth-order valence-corrected chi connectivity index (χ4v) is 3.74. The number of rotatable bonds is 7. The van der Waals surface area contributed by atoms with E-state index in [1.54, 1.807) is 7.11 Å². The average Bonchev–Trinajstić information content (AvgIpc) is 3.09. The molecule has 1 heterocycles. The van der Waals surface area contributed by atoms with Crippen molar-refractivity contribution in [1.29, 1.82) is 0 Å². The number of nitrogens with zero attached hydrogens (tertiary/aromatic N) is 3. The fraction of sp³-hybridized carbons (Fsp3) is 0.286. The quantitative estimate of drug-likeness (QED) is 0.602. The van der Waals surface area contributed by atoms with E-state index in [9.17, 15) is 4.79 Å². The third-order valence-corrected chi connectivity index (χ3v) is 5.35. The summed E-state index contributed by atoms with van der Waals surface area (Å²) < 4.78 is 7.35. The van der Waals surface area contributed by atoms with Crippen LogP contribution in [0.5, 0.6) is 5.75 Å². The molecular formula is C21H24N4O2S. The van der Waals surface area contributed by atoms with E-state index in [1.807, 2.05) is 54.8 Å². The van der Waals surface area contributed by atoms with Crippen LogP contribution in [0, 0.1) is 13.8 Å². The summed E-state index contributed by atoms with van der Waals surface area (Å²) in [6.45, 7) is 6.80. The largest absolute Gasteiger partial charge is 0.495 e. The Bertz CT molecular complexity index is 984. The van der Waals surface area contributed by atoms with Crippen molar-refractivity contribution in [1.82, 2.24) is 14.8 Å². The molecule has 2 aromatic carbocycles. The maximum absolute atomic E-state index is 12.5. The number of amides is 1. The molecule has 0 saturated carbocycles. The number of benzene rings is 2. The highest BCUT2D eigenvalue weighted by Crippen LogP contribution is 2.28. The lowest BCUT2D eigenvalue weighted by molar-refractivity contribution is -0.113. The molecule has 1 aromatic heterocycles. The lowest BCUT2D eigenvalue weighted by Crippen LogP contribution is -2.15. The molecule has 7 heteroatoms. The molecular weight excluding hydrogens is 372 g/mol. The standard InChI is InChI=1S/C21H24N4O2S/c1-5-25-20(16-9-7-6-8-15(16)3)23-24-21(25)28-13-19(26)22-17-12-14(2)10-11-18(17)27-4/h6-12H,5,13H2,1-4H3,(H,22,26). The van der Waals surface area contributed by atoms with Crippen molar-refractivity contribution >= 4 is 23.4 Å². The maximum atomic E-state index is 12.5. The highest BCUT2D eigenvalue weighted by Gasteiger charge is 2.16. The van der Waals surface area contributed by atoms with Crippen molar-refractivity contribution in [2.24, 2.45) is 0 Å². The van der Waals surface area contributed by atoms with Crippen molar-refractivity contribution in [3.05, 3.63) is 53.6 Å². The van der Waals surface area contributed by atoms with Gasteiger partial charge in [0.25, 0.3) is 0 Å². The van der Waals surface area contributed by atoms with E-state index in [-0.39, 0.29) is 11.7 Å². The van der Waals surface area contributed by atoms with E-state index >= 15 is 0 Å². The van der Waals surface area contributed by atoms with Crippen molar-refractivity contribution in [3.8, 4) is 17.1 Å². The first-order valence-corrected chi connectivity index (χ1v) is 10.1. The first kappa shape index (κ1) is 19.9. The topological polar surface area (TPSA) is 69.0 Å². The average molecular weight is 397 g/mol. The number of nitrogens with one attached hydrogen (secondary N) is 1. The zero-order chi connectivity index (χ0) is 20.1. The van der Waals surface area contributed by atoms with Gasteiger partial charge in [-0.3, -0.25) is 4.79 Å². The predicted molar refractivity (Wildman–Crippen MR) is 113 cm³/mol. The van der Waals surface area contributed by atoms with E-state index in [1.165, 1.54) is 11.8 Å². The molecule has 0 unspecified atom stereocenters. The van der Waals surface area contributed by atoms with Crippen LogP contribution in [-0.4, -0.2) is 33.5 Å². The van der Waals surface area contributed by atoms with Gasteiger partial charge in [0, 0.05) is 12.1 Å². The minimum atomic E-state index is -0.114. The molecule has 0 fully saturated rings. The Balaban J connectivity index is 1.72. The molecule has 0 saturated heterocycles. The highest BCUT2D eigenvalue weighted by molar-refractivity contribution is 7.99. The first-order chi connectivity index (χ1) is 13.5. The van der Waals surface area contributed by atoms with Gasteiger partial charge in [-0.25, -0.2) is 0 Å². The Kier molecular flexibility index (Phi) is 6.36. The summed E-state index contributed by atoms with van der Waals surface area (Å²) in [5.41, 5.74) is 3.92. The molecule has 0 bridgehead atoms. The Morgan fingerprint density at radius 2 is 1.96 bits per heavy atom. The molecule has 0 aliphatic carbocycles. The number of aryl methyl sites for hydroxylation is 2. The van der Waals surface area contributed by atoms with Crippen LogP contribution in [0.3, 0.4) is 0 Å². The van der Waals surface area contributed by atoms with Gasteiger partial charge in [0.2, 0.25) is 5.91 Å². The number of hydrogen-bond acceptors (Lipinski definition) is 5. The summed E-state index contributed by atoms with van der Waals surface area (Å²) >= 11 is 1.37. The Morgan fingerprint density at radius 1 is 1.18 bits per heavy atom. The summed E-state index contributed by atoms with van der Waals surface area (Å²) in [4.78, 5) is 12.5. The number of carbonyl (C=O) groups is 1. The minimum absolute atomic E-state index is 0.114. The minimum Gasteiger partial charge on any atom is -0.495 e. The second-order valence-electron chi connectivity index (χ2n) is 6.41. The monoisotopic (exact) mass is 396 g/mol. The van der Waals surface area contributed by atoms with E-state index in [0.29, 0.717) is 11.4 Å². The zero-order valence-corrected chi connectivity index (χ0v) is 17.3. The van der Waals surface area contributed by atoms with Crippen molar-refractivity contribution in [2.45, 2.75) is 32.5 Å². The zero-order valence-electron chi connectivity index (χ0n) is 16.5. The normalized spacial score (nSPS) is 10.7. The van der Waals surface area contributed by atoms with E-state index < -0.39 is 0 Å². The van der Waals surface area contributed by atoms with Gasteiger partial charge in [0.05, 0.1) is 18.6 Å². The second kappa shape index (κ2) is 8.93. The molecule has 0 aliphatic rings. The van der Waals surface area contributed by atoms with Crippen LogP contribution in [-0.2, 0) is 11.3 Å². The Labute approximate surface area is 169 Å². The molecule has 0 radical (unpaired) electrons. The van der Waals surface area contributed by atoms with Gasteiger partial charge in [0.1, 0.15) is 5.75 Å². The third kappa shape index (κ3) is 4.36. The summed E-state index contributed by atoms with van der Waals surface area (Å²) in [6, 6.07) is 13.8. The highest BCUT2D eigenvalue weighted by atomic mass is 32.2. The van der Waals surface area contributed by atoms with Gasteiger partial charge in [-0.2, -0.15) is 0 Å². The van der Waals surface area contributed by atoms with E-state index in [0.717, 1.165) is 34.2 Å². The predicted octanol–water partition coefficient (Wildman–Crippen LogP) is 4.32. The van der Waals surface area contributed by atoms with E-state index in [4.69, 9.17) is 4.74 Å². The Morgan fingerprint density at radius 3 is 2.68 bits per heavy atom. The molecule has 0 spiro atoms. The SMILES string of the molecule is CCn1c(SCC(=O)Nc2cc(C)ccc2OC)nnc1-c1ccccc1C. The summed E-state index contributed by atoms with van der Waals surface area (Å²) in [7, 11) is 1.59. The number of hydrogen-bond donors (Lipinski definition) is 1. The number of thioether (sulfide) groups is 1. The van der Waals surface area contributed by atoms with Gasteiger partial charge in [-0.05, 0) is 44.0 Å². The fourth-order valence-electron chi connectivity index (χ4n) is 2.94. The molecule has 0 atom stereocenters. The van der Waals surface area contributed by atoms with Crippen LogP contribution in [0.15, 0.2) is 47.6 Å². The molecule has 3 rings (SSSR count). The van der Waals surface area contributed by atoms with Crippen molar-refractivity contribution in [2.75, 3.05) is 18.2 Å². The first-order valence-electron chi connectivity index (χ1n) is 9.10. The molecule has 1 amide bonds. The molecule has 3 aromatic rings. The number of anilines is 1. The van der Waals surface area contributed by atoms with Crippen LogP contribution in [0.4, 0.5) is 5.69 Å². The van der Waals surface area contributed by atoms with Crippen LogP contribution in [0.1, 0.15) is 18.1 Å². The van der Waals surface area contributed by atoms with Gasteiger partial charge < -0.3 is 14.6 Å². The molecule has 1 N–H and O–H groups in total. The van der Waals surface area contributed by atoms with Crippen LogP contribution < -0.4 is 10.1 Å². The van der Waals surface area contributed by atoms with Crippen molar-refractivity contribution in [3.63, 3.8) is 0 Å². The lowest BCUT2D eigenvalue weighted by atomic mass is 10.1.